The van der Waals surface area contributed by atoms with E-state index in [0.29, 0.717) is 23.8 Å². The molecule has 0 aliphatic rings. The highest BCUT2D eigenvalue weighted by atomic mass is 35.5. The largest absolute Gasteiger partial charge is 0.272 e. The lowest BCUT2D eigenvalue weighted by atomic mass is 10.4. The molecule has 2 aromatic rings. The predicted molar refractivity (Wildman–Crippen MR) is 76.1 cm³/mol. The molecule has 2 aromatic heterocycles. The van der Waals surface area contributed by atoms with Crippen LogP contribution in [0.3, 0.4) is 0 Å². The van der Waals surface area contributed by atoms with E-state index >= 15 is 0 Å². The van der Waals surface area contributed by atoms with Gasteiger partial charge < -0.3 is 0 Å². The Morgan fingerprint density at radius 3 is 2.84 bits per heavy atom. The van der Waals surface area contributed by atoms with Crippen molar-refractivity contribution < 1.29 is 8.42 Å². The third kappa shape index (κ3) is 4.04. The van der Waals surface area contributed by atoms with Crippen LogP contribution in [0.4, 0.5) is 0 Å². The summed E-state index contributed by atoms with van der Waals surface area (Å²) in [5.74, 6) is 0. The molecule has 5 nitrogen and oxygen atoms in total. The highest BCUT2D eigenvalue weighted by Crippen LogP contribution is 2.25. The van der Waals surface area contributed by atoms with E-state index in [2.05, 4.69) is 9.82 Å². The fourth-order valence-corrected chi connectivity index (χ4v) is 4.15. The highest BCUT2D eigenvalue weighted by Gasteiger charge is 2.15. The maximum absolute atomic E-state index is 11.9. The molecule has 8 heteroatoms. The van der Waals surface area contributed by atoms with Gasteiger partial charge in [0.15, 0.2) is 0 Å². The van der Waals surface area contributed by atoms with Crippen molar-refractivity contribution >= 4 is 33.0 Å². The summed E-state index contributed by atoms with van der Waals surface area (Å²) in [5.41, 5.74) is 1.09. The van der Waals surface area contributed by atoms with E-state index < -0.39 is 10.0 Å². The van der Waals surface area contributed by atoms with Gasteiger partial charge in [-0.2, -0.15) is 5.10 Å². The average molecular weight is 320 g/mol. The van der Waals surface area contributed by atoms with Crippen LogP contribution in [0, 0.1) is 6.92 Å². The van der Waals surface area contributed by atoms with Crippen LogP contribution < -0.4 is 4.72 Å². The number of hydrogen-bond donors (Lipinski definition) is 1. The highest BCUT2D eigenvalue weighted by molar-refractivity contribution is 7.91. The first-order valence-corrected chi connectivity index (χ1v) is 8.39. The minimum Gasteiger partial charge on any atom is -0.272 e. The molecular weight excluding hydrogens is 306 g/mol. The summed E-state index contributed by atoms with van der Waals surface area (Å²) in [7, 11) is -3.43. The minimum atomic E-state index is -3.43. The van der Waals surface area contributed by atoms with Crippen LogP contribution in [0.15, 0.2) is 28.7 Å². The normalized spacial score (nSPS) is 11.9. The number of sulfonamides is 1. The molecule has 0 radical (unpaired) electrons. The summed E-state index contributed by atoms with van der Waals surface area (Å²) in [4.78, 5) is 0. The van der Waals surface area contributed by atoms with Gasteiger partial charge in [-0.25, -0.2) is 13.1 Å². The predicted octanol–water partition coefficient (Wildman–Crippen LogP) is 2.28. The Kier molecular flexibility index (Phi) is 4.62. The molecule has 0 aliphatic heterocycles. The van der Waals surface area contributed by atoms with Gasteiger partial charge in [-0.3, -0.25) is 4.68 Å². The van der Waals surface area contributed by atoms with Crippen molar-refractivity contribution in [3.63, 3.8) is 0 Å². The van der Waals surface area contributed by atoms with E-state index in [9.17, 15) is 8.42 Å². The summed E-state index contributed by atoms with van der Waals surface area (Å²) in [6.07, 6.45) is 4.38. The number of nitrogens with zero attached hydrogens (tertiary/aromatic N) is 2. The molecule has 0 aromatic carbocycles. The van der Waals surface area contributed by atoms with Crippen LogP contribution in [-0.4, -0.2) is 24.7 Å². The molecular formula is C11H14ClN3O2S2. The molecule has 0 saturated heterocycles. The molecule has 2 rings (SSSR count). The van der Waals surface area contributed by atoms with Crippen molar-refractivity contribution in [2.24, 2.45) is 0 Å². The number of hydrogen-bond acceptors (Lipinski definition) is 4. The summed E-state index contributed by atoms with van der Waals surface area (Å²) in [6.45, 7) is 3.02. The minimum absolute atomic E-state index is 0.243. The van der Waals surface area contributed by atoms with Crippen molar-refractivity contribution in [3.05, 3.63) is 34.4 Å². The van der Waals surface area contributed by atoms with Gasteiger partial charge in [-0.1, -0.05) is 11.6 Å². The molecule has 2 heterocycles. The fraction of sp³-hybridized carbons (Fsp3) is 0.364. The van der Waals surface area contributed by atoms with Crippen LogP contribution in [0.1, 0.15) is 12.0 Å². The van der Waals surface area contributed by atoms with Gasteiger partial charge in [0, 0.05) is 19.3 Å². The number of rotatable bonds is 6. The monoisotopic (exact) mass is 319 g/mol. The van der Waals surface area contributed by atoms with E-state index in [1.165, 1.54) is 6.07 Å². The summed E-state index contributed by atoms with van der Waals surface area (Å²) in [6, 6.07) is 3.08. The number of aryl methyl sites for hydroxylation is 2. The quantitative estimate of drug-likeness (QED) is 0.831. The maximum Gasteiger partial charge on any atom is 0.250 e. The van der Waals surface area contributed by atoms with Gasteiger partial charge in [0.25, 0.3) is 0 Å². The molecule has 0 spiro atoms. The van der Waals surface area contributed by atoms with Gasteiger partial charge >= 0.3 is 0 Å². The fourth-order valence-electron chi connectivity index (χ4n) is 1.55. The average Bonchev–Trinajstić information content (AvgIpc) is 2.94. The Hall–Kier alpha value is -0.890. The first-order chi connectivity index (χ1) is 8.97. The van der Waals surface area contributed by atoms with E-state index in [1.54, 1.807) is 16.9 Å². The number of aromatic nitrogens is 2. The number of thiophene rings is 1. The van der Waals surface area contributed by atoms with Crippen LogP contribution in [0.25, 0.3) is 0 Å². The number of halogens is 1. The molecule has 0 unspecified atom stereocenters. The van der Waals surface area contributed by atoms with E-state index in [1.807, 2.05) is 13.1 Å². The van der Waals surface area contributed by atoms with Crippen LogP contribution in [-0.2, 0) is 16.6 Å². The Balaban J connectivity index is 1.82. The molecule has 19 heavy (non-hydrogen) atoms. The van der Waals surface area contributed by atoms with Gasteiger partial charge in [-0.15, -0.1) is 11.3 Å². The first-order valence-electron chi connectivity index (χ1n) is 5.71. The molecule has 1 N–H and O–H groups in total. The molecule has 0 bridgehead atoms. The zero-order valence-electron chi connectivity index (χ0n) is 10.3. The molecule has 0 aliphatic carbocycles. The first kappa shape index (κ1) is 14.5. The second kappa shape index (κ2) is 6.04. The number of nitrogens with one attached hydrogen (secondary N) is 1. The van der Waals surface area contributed by atoms with Crippen LogP contribution in [0.2, 0.25) is 4.34 Å². The summed E-state index contributed by atoms with van der Waals surface area (Å²) in [5, 5.41) is 4.14. The second-order valence-electron chi connectivity index (χ2n) is 4.09. The van der Waals surface area contributed by atoms with E-state index in [-0.39, 0.29) is 4.21 Å². The van der Waals surface area contributed by atoms with E-state index in [0.717, 1.165) is 16.9 Å². The van der Waals surface area contributed by atoms with Crippen molar-refractivity contribution in [2.45, 2.75) is 24.1 Å². The van der Waals surface area contributed by atoms with Gasteiger partial charge in [0.1, 0.15) is 4.21 Å². The Morgan fingerprint density at radius 2 is 2.26 bits per heavy atom. The Morgan fingerprint density at radius 1 is 1.47 bits per heavy atom. The zero-order chi connectivity index (χ0) is 13.9. The standard InChI is InChI=1S/C11H14ClN3O2S2/c1-9-7-13-15(8-9)6-2-5-14-19(16,17)11-4-3-10(12)18-11/h3-4,7-8,14H,2,5-6H2,1H3. The van der Waals surface area contributed by atoms with Crippen molar-refractivity contribution in [3.8, 4) is 0 Å². The summed E-state index contributed by atoms with van der Waals surface area (Å²) < 4.78 is 28.8. The third-order valence-corrected chi connectivity index (χ3v) is 5.62. The molecule has 0 fully saturated rings. The van der Waals surface area contributed by atoms with Crippen molar-refractivity contribution in [2.75, 3.05) is 6.54 Å². The Bertz CT molecular complexity index is 648. The lowest BCUT2D eigenvalue weighted by molar-refractivity contribution is 0.554. The van der Waals surface area contributed by atoms with Crippen LogP contribution >= 0.6 is 22.9 Å². The molecule has 0 atom stereocenters. The molecule has 0 amide bonds. The summed E-state index contributed by atoms with van der Waals surface area (Å²) >= 11 is 6.77. The van der Waals surface area contributed by atoms with Crippen molar-refractivity contribution in [1.29, 1.82) is 0 Å². The zero-order valence-corrected chi connectivity index (χ0v) is 12.7. The third-order valence-electron chi connectivity index (χ3n) is 2.43. The van der Waals surface area contributed by atoms with Gasteiger partial charge in [-0.05, 0) is 31.0 Å². The SMILES string of the molecule is Cc1cnn(CCCNS(=O)(=O)c2ccc(Cl)s2)c1. The Labute approximate surface area is 121 Å². The van der Waals surface area contributed by atoms with Crippen LogP contribution in [0.5, 0.6) is 0 Å². The van der Waals surface area contributed by atoms with Crippen molar-refractivity contribution in [1.82, 2.24) is 14.5 Å². The lowest BCUT2D eigenvalue weighted by Gasteiger charge is -2.04. The lowest BCUT2D eigenvalue weighted by Crippen LogP contribution is -2.24. The molecule has 0 saturated carbocycles. The second-order valence-corrected chi connectivity index (χ2v) is 7.80. The van der Waals surface area contributed by atoms with E-state index in [4.69, 9.17) is 11.6 Å². The molecule has 104 valence electrons. The smallest absolute Gasteiger partial charge is 0.250 e. The van der Waals surface area contributed by atoms with Gasteiger partial charge in [0.2, 0.25) is 10.0 Å². The van der Waals surface area contributed by atoms with Gasteiger partial charge in [0.05, 0.1) is 10.5 Å². The maximum atomic E-state index is 11.9. The topological polar surface area (TPSA) is 64.0 Å².